The first kappa shape index (κ1) is 16.5. The Hall–Kier alpha value is -1.55. The predicted octanol–water partition coefficient (Wildman–Crippen LogP) is 2.75. The van der Waals surface area contributed by atoms with E-state index in [0.29, 0.717) is 6.61 Å². The minimum Gasteiger partial charge on any atom is -0.494 e. The molecule has 0 aliphatic carbocycles. The van der Waals surface area contributed by atoms with Gasteiger partial charge in [-0.05, 0) is 30.5 Å². The molecular weight excluding hydrogens is 256 g/mol. The van der Waals surface area contributed by atoms with Gasteiger partial charge in [0.1, 0.15) is 5.75 Å². The van der Waals surface area contributed by atoms with Gasteiger partial charge in [0.2, 0.25) is 0 Å². The summed E-state index contributed by atoms with van der Waals surface area (Å²) < 4.78 is 10.2. The van der Waals surface area contributed by atoms with E-state index >= 15 is 0 Å². The van der Waals surface area contributed by atoms with Gasteiger partial charge in [0.05, 0.1) is 13.7 Å². The zero-order valence-corrected chi connectivity index (χ0v) is 12.8. The molecule has 0 spiro atoms. The lowest BCUT2D eigenvalue weighted by Crippen LogP contribution is -2.49. The number of rotatable bonds is 6. The number of hydrogen-bond acceptors (Lipinski definition) is 4. The molecule has 0 aromatic heterocycles. The number of esters is 1. The molecule has 112 valence electrons. The fourth-order valence-corrected chi connectivity index (χ4v) is 2.35. The van der Waals surface area contributed by atoms with Gasteiger partial charge in [0, 0.05) is 5.92 Å². The van der Waals surface area contributed by atoms with Crippen LogP contribution in [0.15, 0.2) is 24.3 Å². The lowest BCUT2D eigenvalue weighted by atomic mass is 9.76. The number of aliphatic hydroxyl groups is 1. The Labute approximate surface area is 120 Å². The highest BCUT2D eigenvalue weighted by Crippen LogP contribution is 2.35. The molecule has 0 fully saturated rings. The molecule has 0 aliphatic heterocycles. The van der Waals surface area contributed by atoms with Gasteiger partial charge in [-0.1, -0.05) is 32.9 Å². The SMILES string of the molecule is CCOc1ccc(C(C)C(O)(C(=O)OC)C(C)C)cc1. The average molecular weight is 280 g/mol. The molecule has 1 aromatic carbocycles. The van der Waals surface area contributed by atoms with Gasteiger partial charge >= 0.3 is 5.97 Å². The summed E-state index contributed by atoms with van der Waals surface area (Å²) in [5.74, 6) is -0.453. The van der Waals surface area contributed by atoms with Crippen LogP contribution in [0.3, 0.4) is 0 Å². The molecule has 0 aliphatic rings. The molecule has 0 bridgehead atoms. The lowest BCUT2D eigenvalue weighted by molar-refractivity contribution is -0.170. The highest BCUT2D eigenvalue weighted by molar-refractivity contribution is 5.81. The van der Waals surface area contributed by atoms with Crippen molar-refractivity contribution >= 4 is 5.97 Å². The van der Waals surface area contributed by atoms with Crippen molar-refractivity contribution < 1.29 is 19.4 Å². The van der Waals surface area contributed by atoms with Crippen molar-refractivity contribution in [2.24, 2.45) is 5.92 Å². The average Bonchev–Trinajstić information content (AvgIpc) is 2.45. The third-order valence-electron chi connectivity index (χ3n) is 3.74. The van der Waals surface area contributed by atoms with Crippen LogP contribution in [0.2, 0.25) is 0 Å². The van der Waals surface area contributed by atoms with E-state index < -0.39 is 11.6 Å². The third-order valence-corrected chi connectivity index (χ3v) is 3.74. The summed E-state index contributed by atoms with van der Waals surface area (Å²) in [5, 5.41) is 10.7. The minimum absolute atomic E-state index is 0.253. The first-order chi connectivity index (χ1) is 9.37. The van der Waals surface area contributed by atoms with Gasteiger partial charge in [-0.25, -0.2) is 4.79 Å². The van der Waals surface area contributed by atoms with Gasteiger partial charge in [-0.15, -0.1) is 0 Å². The molecule has 0 saturated carbocycles. The second kappa shape index (κ2) is 6.75. The molecule has 0 radical (unpaired) electrons. The fourth-order valence-electron chi connectivity index (χ4n) is 2.35. The molecule has 4 heteroatoms. The van der Waals surface area contributed by atoms with Crippen LogP contribution in [0.1, 0.15) is 39.2 Å². The van der Waals surface area contributed by atoms with E-state index in [2.05, 4.69) is 0 Å². The Morgan fingerprint density at radius 3 is 2.20 bits per heavy atom. The van der Waals surface area contributed by atoms with E-state index in [1.165, 1.54) is 7.11 Å². The van der Waals surface area contributed by atoms with E-state index in [0.717, 1.165) is 11.3 Å². The third kappa shape index (κ3) is 3.12. The molecule has 0 heterocycles. The molecule has 2 atom stereocenters. The van der Waals surface area contributed by atoms with Gasteiger partial charge < -0.3 is 14.6 Å². The molecule has 0 saturated heterocycles. The Morgan fingerprint density at radius 1 is 1.25 bits per heavy atom. The maximum Gasteiger partial charge on any atom is 0.338 e. The van der Waals surface area contributed by atoms with Crippen molar-refractivity contribution in [3.05, 3.63) is 29.8 Å². The summed E-state index contributed by atoms with van der Waals surface area (Å²) in [7, 11) is 1.29. The van der Waals surface area contributed by atoms with Crippen molar-refractivity contribution in [1.29, 1.82) is 0 Å². The van der Waals surface area contributed by atoms with E-state index in [1.807, 2.05) is 52.0 Å². The number of carbonyl (C=O) groups excluding carboxylic acids is 1. The molecule has 20 heavy (non-hydrogen) atoms. The number of benzene rings is 1. The molecule has 4 nitrogen and oxygen atoms in total. The molecule has 1 aromatic rings. The van der Waals surface area contributed by atoms with Crippen LogP contribution in [0.5, 0.6) is 5.75 Å². The summed E-state index contributed by atoms with van der Waals surface area (Å²) in [6.07, 6.45) is 0. The van der Waals surface area contributed by atoms with E-state index in [4.69, 9.17) is 9.47 Å². The van der Waals surface area contributed by atoms with Crippen molar-refractivity contribution in [3.63, 3.8) is 0 Å². The second-order valence-electron chi connectivity index (χ2n) is 5.20. The first-order valence-electron chi connectivity index (χ1n) is 6.91. The normalized spacial score (nSPS) is 15.6. The maximum absolute atomic E-state index is 12.0. The Balaban J connectivity index is 3.06. The van der Waals surface area contributed by atoms with E-state index in [9.17, 15) is 9.90 Å². The molecule has 0 amide bonds. The largest absolute Gasteiger partial charge is 0.494 e. The standard InChI is InChI=1S/C16H24O4/c1-6-20-14-9-7-13(8-10-14)12(4)16(18,11(2)3)15(17)19-5/h7-12,18H,6H2,1-5H3. The monoisotopic (exact) mass is 280 g/mol. The molecule has 1 rings (SSSR count). The van der Waals surface area contributed by atoms with Crippen LogP contribution >= 0.6 is 0 Å². The Kier molecular flexibility index (Phi) is 5.57. The van der Waals surface area contributed by atoms with Gasteiger partial charge in [0.15, 0.2) is 5.60 Å². The van der Waals surface area contributed by atoms with E-state index in [-0.39, 0.29) is 11.8 Å². The zero-order valence-electron chi connectivity index (χ0n) is 12.8. The minimum atomic E-state index is -1.54. The Morgan fingerprint density at radius 2 is 1.80 bits per heavy atom. The topological polar surface area (TPSA) is 55.8 Å². The summed E-state index contributed by atoms with van der Waals surface area (Å²) in [6.45, 7) is 7.97. The number of hydrogen-bond donors (Lipinski definition) is 1. The summed E-state index contributed by atoms with van der Waals surface area (Å²) >= 11 is 0. The van der Waals surface area contributed by atoms with Crippen molar-refractivity contribution in [2.45, 2.75) is 39.2 Å². The van der Waals surface area contributed by atoms with Gasteiger partial charge in [-0.2, -0.15) is 0 Å². The highest BCUT2D eigenvalue weighted by Gasteiger charge is 2.46. The highest BCUT2D eigenvalue weighted by atomic mass is 16.5. The van der Waals surface area contributed by atoms with Crippen LogP contribution in [0.25, 0.3) is 0 Å². The van der Waals surface area contributed by atoms with Crippen molar-refractivity contribution in [1.82, 2.24) is 0 Å². The first-order valence-corrected chi connectivity index (χ1v) is 6.91. The summed E-state index contributed by atoms with van der Waals surface area (Å²) in [5.41, 5.74) is -0.669. The molecule has 1 N–H and O–H groups in total. The van der Waals surface area contributed by atoms with Crippen molar-refractivity contribution in [3.8, 4) is 5.75 Å². The fraction of sp³-hybridized carbons (Fsp3) is 0.562. The quantitative estimate of drug-likeness (QED) is 0.814. The summed E-state index contributed by atoms with van der Waals surface area (Å²) in [4.78, 5) is 12.0. The maximum atomic E-state index is 12.0. The summed E-state index contributed by atoms with van der Waals surface area (Å²) in [6, 6.07) is 7.42. The van der Waals surface area contributed by atoms with Gasteiger partial charge in [0.25, 0.3) is 0 Å². The van der Waals surface area contributed by atoms with Crippen molar-refractivity contribution in [2.75, 3.05) is 13.7 Å². The second-order valence-corrected chi connectivity index (χ2v) is 5.20. The van der Waals surface area contributed by atoms with Crippen LogP contribution in [-0.4, -0.2) is 30.4 Å². The van der Waals surface area contributed by atoms with Crippen LogP contribution in [-0.2, 0) is 9.53 Å². The number of methoxy groups -OCH3 is 1. The van der Waals surface area contributed by atoms with Gasteiger partial charge in [-0.3, -0.25) is 0 Å². The number of ether oxygens (including phenoxy) is 2. The smallest absolute Gasteiger partial charge is 0.338 e. The van der Waals surface area contributed by atoms with Crippen LogP contribution in [0.4, 0.5) is 0 Å². The predicted molar refractivity (Wildman–Crippen MR) is 77.8 cm³/mol. The lowest BCUT2D eigenvalue weighted by Gasteiger charge is -2.35. The number of carbonyl (C=O) groups is 1. The van der Waals surface area contributed by atoms with Crippen LogP contribution < -0.4 is 4.74 Å². The molecule has 2 unspecified atom stereocenters. The molecular formula is C16H24O4. The zero-order chi connectivity index (χ0) is 15.3. The van der Waals surface area contributed by atoms with Crippen LogP contribution in [0, 0.1) is 5.92 Å². The Bertz CT molecular complexity index is 438. The van der Waals surface area contributed by atoms with E-state index in [1.54, 1.807) is 0 Å².